The molecular formula is C15H16N2O2S. The second kappa shape index (κ2) is 6.34. The van der Waals surface area contributed by atoms with Gasteiger partial charge < -0.3 is 15.4 Å². The Balaban J connectivity index is 2.28. The van der Waals surface area contributed by atoms with E-state index >= 15 is 0 Å². The Hall–Kier alpha value is -2.14. The van der Waals surface area contributed by atoms with Crippen molar-refractivity contribution in [1.82, 2.24) is 10.6 Å². The number of hydrogen-bond acceptors (Lipinski definition) is 3. The minimum Gasteiger partial charge on any atom is -0.466 e. The fourth-order valence-electron chi connectivity index (χ4n) is 2.03. The predicted molar refractivity (Wildman–Crippen MR) is 82.8 cm³/mol. The van der Waals surface area contributed by atoms with Crippen LogP contribution < -0.4 is 10.6 Å². The molecule has 0 saturated carbocycles. The van der Waals surface area contributed by atoms with Crippen molar-refractivity contribution in [3.63, 3.8) is 0 Å². The van der Waals surface area contributed by atoms with Crippen molar-refractivity contribution in [3.05, 3.63) is 53.2 Å². The largest absolute Gasteiger partial charge is 0.466 e. The lowest BCUT2D eigenvalue weighted by atomic mass is 10.0. The van der Waals surface area contributed by atoms with Crippen LogP contribution in [0.4, 0.5) is 0 Å². The molecule has 5 heteroatoms. The summed E-state index contributed by atoms with van der Waals surface area (Å²) in [6, 6.07) is 9.56. The van der Waals surface area contributed by atoms with Crippen molar-refractivity contribution in [2.75, 3.05) is 7.11 Å². The van der Waals surface area contributed by atoms with Crippen molar-refractivity contribution in [1.29, 1.82) is 0 Å². The summed E-state index contributed by atoms with van der Waals surface area (Å²) in [6.45, 7) is 1.81. The monoisotopic (exact) mass is 288 g/mol. The van der Waals surface area contributed by atoms with Crippen molar-refractivity contribution in [2.24, 2.45) is 0 Å². The van der Waals surface area contributed by atoms with Crippen molar-refractivity contribution in [3.8, 4) is 0 Å². The zero-order valence-electron chi connectivity index (χ0n) is 11.3. The van der Waals surface area contributed by atoms with Crippen molar-refractivity contribution in [2.45, 2.75) is 13.0 Å². The molecule has 2 N–H and O–H groups in total. The van der Waals surface area contributed by atoms with Gasteiger partial charge in [-0.3, -0.25) is 0 Å². The van der Waals surface area contributed by atoms with Gasteiger partial charge in [0.25, 0.3) is 0 Å². The van der Waals surface area contributed by atoms with E-state index < -0.39 is 0 Å². The first-order valence-corrected chi connectivity index (χ1v) is 6.62. The van der Waals surface area contributed by atoms with E-state index in [9.17, 15) is 4.79 Å². The van der Waals surface area contributed by atoms with Gasteiger partial charge in [-0.25, -0.2) is 4.79 Å². The first-order chi connectivity index (χ1) is 9.61. The second-order valence-corrected chi connectivity index (χ2v) is 4.78. The van der Waals surface area contributed by atoms with Gasteiger partial charge >= 0.3 is 5.97 Å². The number of rotatable bonds is 3. The maximum atomic E-state index is 11.9. The van der Waals surface area contributed by atoms with Crippen LogP contribution in [0.25, 0.3) is 6.08 Å². The van der Waals surface area contributed by atoms with E-state index in [1.165, 1.54) is 7.11 Å². The van der Waals surface area contributed by atoms with E-state index in [2.05, 4.69) is 10.6 Å². The van der Waals surface area contributed by atoms with Gasteiger partial charge in [0.2, 0.25) is 0 Å². The average molecular weight is 288 g/mol. The summed E-state index contributed by atoms with van der Waals surface area (Å²) in [5.41, 5.74) is 2.30. The molecule has 2 rings (SSSR count). The fraction of sp³-hybridized carbons (Fsp3) is 0.200. The van der Waals surface area contributed by atoms with E-state index in [0.717, 1.165) is 5.56 Å². The molecule has 1 aliphatic heterocycles. The molecule has 1 aromatic rings. The van der Waals surface area contributed by atoms with E-state index in [4.69, 9.17) is 17.0 Å². The summed E-state index contributed by atoms with van der Waals surface area (Å²) in [4.78, 5) is 11.9. The molecule has 0 amide bonds. The molecule has 104 valence electrons. The third-order valence-electron chi connectivity index (χ3n) is 2.99. The number of carbonyl (C=O) groups excluding carboxylic acids is 1. The quantitative estimate of drug-likeness (QED) is 0.658. The van der Waals surface area contributed by atoms with Crippen LogP contribution in [-0.2, 0) is 9.53 Å². The molecule has 20 heavy (non-hydrogen) atoms. The summed E-state index contributed by atoms with van der Waals surface area (Å²) in [5.74, 6) is -0.368. The SMILES string of the molecule is COC(=O)C1=C(C)NC(=S)N[C@H]1/C=C/c1ccccc1. The lowest BCUT2D eigenvalue weighted by molar-refractivity contribution is -0.136. The first-order valence-electron chi connectivity index (χ1n) is 6.21. The van der Waals surface area contributed by atoms with Gasteiger partial charge in [-0.05, 0) is 24.7 Å². The molecule has 4 nitrogen and oxygen atoms in total. The molecule has 1 heterocycles. The predicted octanol–water partition coefficient (Wildman–Crippen LogP) is 1.99. The molecule has 1 aromatic carbocycles. The summed E-state index contributed by atoms with van der Waals surface area (Å²) in [7, 11) is 1.37. The summed E-state index contributed by atoms with van der Waals surface area (Å²) in [6.07, 6.45) is 3.85. The highest BCUT2D eigenvalue weighted by atomic mass is 32.1. The highest BCUT2D eigenvalue weighted by Crippen LogP contribution is 2.16. The van der Waals surface area contributed by atoms with Crippen LogP contribution in [0.5, 0.6) is 0 Å². The number of benzene rings is 1. The first kappa shape index (κ1) is 14.3. The summed E-state index contributed by atoms with van der Waals surface area (Å²) >= 11 is 5.12. The molecule has 0 unspecified atom stereocenters. The lowest BCUT2D eigenvalue weighted by Gasteiger charge is -2.27. The van der Waals surface area contributed by atoms with Crippen LogP contribution in [0, 0.1) is 0 Å². The summed E-state index contributed by atoms with van der Waals surface area (Å²) < 4.78 is 4.82. The van der Waals surface area contributed by atoms with Crippen LogP contribution in [0.3, 0.4) is 0 Å². The van der Waals surface area contributed by atoms with Gasteiger partial charge in [-0.15, -0.1) is 0 Å². The molecule has 0 aromatic heterocycles. The number of hydrogen-bond donors (Lipinski definition) is 2. The smallest absolute Gasteiger partial charge is 0.337 e. The lowest BCUT2D eigenvalue weighted by Crippen LogP contribution is -2.48. The third-order valence-corrected chi connectivity index (χ3v) is 3.21. The zero-order valence-corrected chi connectivity index (χ0v) is 12.2. The average Bonchev–Trinajstić information content (AvgIpc) is 2.45. The van der Waals surface area contributed by atoms with E-state index in [1.807, 2.05) is 49.4 Å². The Kier molecular flexibility index (Phi) is 4.53. The maximum absolute atomic E-state index is 11.9. The van der Waals surface area contributed by atoms with Crippen LogP contribution in [0.1, 0.15) is 12.5 Å². The highest BCUT2D eigenvalue weighted by molar-refractivity contribution is 7.80. The topological polar surface area (TPSA) is 50.4 Å². The molecular weight excluding hydrogens is 272 g/mol. The molecule has 0 bridgehead atoms. The van der Waals surface area contributed by atoms with Crippen LogP contribution in [0.15, 0.2) is 47.7 Å². The van der Waals surface area contributed by atoms with Crippen LogP contribution in [0.2, 0.25) is 0 Å². The van der Waals surface area contributed by atoms with Crippen molar-refractivity contribution >= 4 is 29.4 Å². The van der Waals surface area contributed by atoms with E-state index in [0.29, 0.717) is 16.4 Å². The molecule has 1 atom stereocenters. The third kappa shape index (κ3) is 3.24. The Bertz CT molecular complexity index is 579. The van der Waals surface area contributed by atoms with Gasteiger partial charge in [0.1, 0.15) is 0 Å². The Labute approximate surface area is 123 Å². The van der Waals surface area contributed by atoms with Crippen LogP contribution in [-0.4, -0.2) is 24.2 Å². The van der Waals surface area contributed by atoms with E-state index in [1.54, 1.807) is 0 Å². The minimum absolute atomic E-state index is 0.295. The van der Waals surface area contributed by atoms with E-state index in [-0.39, 0.29) is 12.0 Å². The minimum atomic E-state index is -0.368. The molecule has 0 radical (unpaired) electrons. The molecule has 0 spiro atoms. The van der Waals surface area contributed by atoms with Gasteiger partial charge in [0.05, 0.1) is 18.7 Å². The Morgan fingerprint density at radius 2 is 2.05 bits per heavy atom. The molecule has 0 aliphatic carbocycles. The number of nitrogens with one attached hydrogen (secondary N) is 2. The number of ether oxygens (including phenoxy) is 1. The van der Waals surface area contributed by atoms with Gasteiger partial charge in [-0.1, -0.05) is 42.5 Å². The maximum Gasteiger partial charge on any atom is 0.337 e. The molecule has 0 saturated heterocycles. The molecule has 1 aliphatic rings. The van der Waals surface area contributed by atoms with Gasteiger partial charge in [0.15, 0.2) is 5.11 Å². The normalized spacial score (nSPS) is 18.7. The standard InChI is InChI=1S/C15H16N2O2S/c1-10-13(14(18)19-2)12(17-15(20)16-10)9-8-11-6-4-3-5-7-11/h3-9,12H,1-2H3,(H2,16,17,20)/b9-8+/t12-/m0/s1. The molecule has 0 fully saturated rings. The number of esters is 1. The fourth-order valence-corrected chi connectivity index (χ4v) is 2.31. The number of methoxy groups -OCH3 is 1. The Morgan fingerprint density at radius 3 is 2.70 bits per heavy atom. The zero-order chi connectivity index (χ0) is 14.5. The number of thiocarbonyl (C=S) groups is 1. The van der Waals surface area contributed by atoms with Gasteiger partial charge in [-0.2, -0.15) is 0 Å². The highest BCUT2D eigenvalue weighted by Gasteiger charge is 2.27. The summed E-state index contributed by atoms with van der Waals surface area (Å²) in [5, 5.41) is 6.49. The second-order valence-electron chi connectivity index (χ2n) is 4.38. The Morgan fingerprint density at radius 1 is 1.35 bits per heavy atom. The number of allylic oxidation sites excluding steroid dienone is 1. The van der Waals surface area contributed by atoms with Gasteiger partial charge in [0, 0.05) is 5.70 Å². The van der Waals surface area contributed by atoms with Crippen LogP contribution >= 0.6 is 12.2 Å². The number of carbonyl (C=O) groups is 1. The van der Waals surface area contributed by atoms with Crippen molar-refractivity contribution < 1.29 is 9.53 Å².